The van der Waals surface area contributed by atoms with E-state index in [1.165, 1.54) is 36.4 Å². The van der Waals surface area contributed by atoms with Crippen LogP contribution in [-0.4, -0.2) is 9.85 Å². The van der Waals surface area contributed by atoms with Crippen LogP contribution in [0.5, 0.6) is 0 Å². The van der Waals surface area contributed by atoms with Gasteiger partial charge in [0.25, 0.3) is 11.4 Å². The zero-order chi connectivity index (χ0) is 14.7. The van der Waals surface area contributed by atoms with Crippen LogP contribution >= 0.6 is 12.4 Å². The third-order valence-corrected chi connectivity index (χ3v) is 4.13. The third kappa shape index (κ3) is 3.41. The number of hydrogen-bond donors (Lipinski definition) is 1. The van der Waals surface area contributed by atoms with Crippen molar-refractivity contribution in [3.8, 4) is 0 Å². The summed E-state index contributed by atoms with van der Waals surface area (Å²) < 4.78 is 8.14. The molecule has 0 heterocycles. The van der Waals surface area contributed by atoms with Crippen molar-refractivity contribution in [2.75, 3.05) is 0 Å². The molecule has 2 rings (SSSR count). The zero-order valence-corrected chi connectivity index (χ0v) is 12.1. The molecule has 7 nitrogen and oxygen atoms in total. The van der Waals surface area contributed by atoms with Gasteiger partial charge in [0.2, 0.25) is 0 Å². The predicted molar refractivity (Wildman–Crippen MR) is 80.1 cm³/mol. The summed E-state index contributed by atoms with van der Waals surface area (Å²) in [6, 6.07) is 11.6. The lowest BCUT2D eigenvalue weighted by atomic mass is 10.3. The summed E-state index contributed by atoms with van der Waals surface area (Å²) in [5.74, 6) is 0. The van der Waals surface area contributed by atoms with Gasteiger partial charge < -0.3 is 0 Å². The lowest BCUT2D eigenvalue weighted by Gasteiger charge is -2.07. The number of hydrogen-bond acceptors (Lipinski definition) is 5. The summed E-state index contributed by atoms with van der Waals surface area (Å²) in [5.41, 5.74) is -0.409. The first kappa shape index (κ1) is 16.7. The Bertz CT molecular complexity index is 664. The molecule has 110 valence electrons. The predicted octanol–water partition coefficient (Wildman–Crippen LogP) is 3.72. The van der Waals surface area contributed by atoms with E-state index < -0.39 is 20.5 Å². The van der Waals surface area contributed by atoms with Gasteiger partial charge in [-0.1, -0.05) is 24.3 Å². The molecular weight excluding hydrogens is 318 g/mol. The fraction of sp³-hybridized carbons (Fsp3) is 0. The molecule has 1 N–H and O–H groups in total. The molecule has 0 saturated carbocycles. The number of nitrogens with zero attached hydrogens (tertiary/aromatic N) is 2. The molecule has 0 saturated heterocycles. The minimum Gasteiger partial charge on any atom is -0.270 e. The number of nitro groups is 2. The average Bonchev–Trinajstić information content (AvgIpc) is 2.46. The van der Waals surface area contributed by atoms with E-state index in [0.717, 1.165) is 0 Å². The van der Waals surface area contributed by atoms with E-state index in [4.69, 9.17) is 4.78 Å². The zero-order valence-electron chi connectivity index (χ0n) is 10.5. The highest BCUT2D eigenvalue weighted by molar-refractivity contribution is 7.86. The normalized spacial score (nSPS) is 9.95. The van der Waals surface area contributed by atoms with Crippen molar-refractivity contribution < 1.29 is 9.85 Å². The smallest absolute Gasteiger partial charge is 0.270 e. The van der Waals surface area contributed by atoms with Gasteiger partial charge in [-0.25, -0.2) is 0 Å². The molecule has 0 amide bonds. The molecule has 0 aliphatic carbocycles. The second-order valence-corrected chi connectivity index (χ2v) is 5.25. The van der Waals surface area contributed by atoms with Gasteiger partial charge in [-0.3, -0.25) is 25.0 Å². The Kier molecular flexibility index (Phi) is 5.51. The van der Waals surface area contributed by atoms with E-state index in [1.807, 2.05) is 0 Å². The van der Waals surface area contributed by atoms with Crippen LogP contribution in [0.1, 0.15) is 0 Å². The molecule has 0 unspecified atom stereocenters. The Hall–Kier alpha value is -2.32. The first-order valence-corrected chi connectivity index (χ1v) is 6.67. The second-order valence-electron chi connectivity index (χ2n) is 3.76. The molecular formula is C12H10ClN3O4S. The molecule has 0 aliphatic heterocycles. The van der Waals surface area contributed by atoms with Crippen molar-refractivity contribution in [2.24, 2.45) is 0 Å². The highest BCUT2D eigenvalue weighted by Gasteiger charge is 2.22. The van der Waals surface area contributed by atoms with Gasteiger partial charge in [-0.2, -0.15) is 0 Å². The van der Waals surface area contributed by atoms with Crippen LogP contribution in [0, 0.1) is 25.0 Å². The van der Waals surface area contributed by atoms with Crippen molar-refractivity contribution in [2.45, 2.75) is 9.79 Å². The van der Waals surface area contributed by atoms with Gasteiger partial charge in [0.05, 0.1) is 9.85 Å². The number of halogens is 1. The van der Waals surface area contributed by atoms with Crippen LogP contribution in [0.15, 0.2) is 58.3 Å². The van der Waals surface area contributed by atoms with Crippen molar-refractivity contribution in [3.63, 3.8) is 0 Å². The van der Waals surface area contributed by atoms with Gasteiger partial charge in [0, 0.05) is 12.1 Å². The monoisotopic (exact) mass is 327 g/mol. The van der Waals surface area contributed by atoms with Crippen molar-refractivity contribution >= 4 is 34.5 Å². The Morgan fingerprint density at radius 1 is 0.810 bits per heavy atom. The maximum Gasteiger partial charge on any atom is 0.284 e. The molecule has 9 heteroatoms. The van der Waals surface area contributed by atoms with Crippen molar-refractivity contribution in [1.29, 1.82) is 4.78 Å². The summed E-state index contributed by atoms with van der Waals surface area (Å²) in [6.45, 7) is 0. The molecule has 0 fully saturated rings. The van der Waals surface area contributed by atoms with E-state index >= 15 is 0 Å². The molecule has 2 aromatic rings. The molecule has 2 aromatic carbocycles. The minimum atomic E-state index is -1.49. The van der Waals surface area contributed by atoms with E-state index in [0.29, 0.717) is 0 Å². The Morgan fingerprint density at radius 2 is 1.14 bits per heavy atom. The first-order chi connectivity index (χ1) is 9.52. The maximum atomic E-state index is 11.0. The summed E-state index contributed by atoms with van der Waals surface area (Å²) >= 11 is 0. The number of nitro benzene ring substituents is 2. The highest BCUT2D eigenvalue weighted by Crippen LogP contribution is 2.30. The lowest BCUT2D eigenvalue weighted by Crippen LogP contribution is -2.01. The fourth-order valence-corrected chi connectivity index (χ4v) is 3.05. The van der Waals surface area contributed by atoms with E-state index in [1.54, 1.807) is 12.1 Å². The van der Waals surface area contributed by atoms with Gasteiger partial charge in [-0.15, -0.1) is 12.4 Å². The van der Waals surface area contributed by atoms with Crippen LogP contribution < -0.4 is 0 Å². The third-order valence-electron chi connectivity index (χ3n) is 2.56. The summed E-state index contributed by atoms with van der Waals surface area (Å²) in [6.07, 6.45) is 0. The SMILES string of the molecule is Cl.N=S(c1ccccc1[N+](=O)[O-])c1ccccc1[N+](=O)[O-]. The van der Waals surface area contributed by atoms with Crippen LogP contribution in [0.4, 0.5) is 11.4 Å². The van der Waals surface area contributed by atoms with Crippen LogP contribution in [0.2, 0.25) is 0 Å². The van der Waals surface area contributed by atoms with Crippen LogP contribution in [0.25, 0.3) is 0 Å². The van der Waals surface area contributed by atoms with E-state index in [-0.39, 0.29) is 33.6 Å². The molecule has 21 heavy (non-hydrogen) atoms. The van der Waals surface area contributed by atoms with Gasteiger partial charge in [0.15, 0.2) is 0 Å². The Labute approximate surface area is 128 Å². The maximum absolute atomic E-state index is 11.0. The van der Waals surface area contributed by atoms with Gasteiger partial charge in [-0.05, 0) is 22.8 Å². The lowest BCUT2D eigenvalue weighted by molar-refractivity contribution is -0.388. The van der Waals surface area contributed by atoms with Crippen LogP contribution in [0.3, 0.4) is 0 Å². The fourth-order valence-electron chi connectivity index (χ4n) is 1.68. The molecule has 0 radical (unpaired) electrons. The average molecular weight is 328 g/mol. The number of nitrogens with one attached hydrogen (secondary N) is 1. The van der Waals surface area contributed by atoms with Crippen molar-refractivity contribution in [3.05, 3.63) is 68.8 Å². The number of benzene rings is 2. The largest absolute Gasteiger partial charge is 0.284 e. The molecule has 0 spiro atoms. The van der Waals surface area contributed by atoms with E-state index in [2.05, 4.69) is 0 Å². The Balaban J connectivity index is 0.00000220. The number of para-hydroxylation sites is 2. The summed E-state index contributed by atoms with van der Waals surface area (Å²) in [5, 5.41) is 21.9. The standard InChI is InChI=1S/C12H9N3O4S.ClH/c13-20(11-7-3-1-5-9(11)14(16)17)12-8-4-2-6-10(12)15(18)19;/h1-8,13H;1H. The minimum absolute atomic E-state index is 0. The van der Waals surface area contributed by atoms with Gasteiger partial charge >= 0.3 is 0 Å². The quantitative estimate of drug-likeness (QED) is 0.681. The second kappa shape index (κ2) is 6.91. The highest BCUT2D eigenvalue weighted by atomic mass is 35.5. The molecule has 0 atom stereocenters. The number of rotatable bonds is 4. The summed E-state index contributed by atoms with van der Waals surface area (Å²) in [4.78, 5) is 21.1. The first-order valence-electron chi connectivity index (χ1n) is 5.44. The molecule has 0 aromatic heterocycles. The summed E-state index contributed by atoms with van der Waals surface area (Å²) in [7, 11) is -1.49. The molecule has 0 aliphatic rings. The molecule has 0 bridgehead atoms. The van der Waals surface area contributed by atoms with Crippen molar-refractivity contribution in [1.82, 2.24) is 0 Å². The topological polar surface area (TPSA) is 110 Å². The van der Waals surface area contributed by atoms with E-state index in [9.17, 15) is 20.2 Å². The van der Waals surface area contributed by atoms with Gasteiger partial charge in [0.1, 0.15) is 9.79 Å². The van der Waals surface area contributed by atoms with Crippen LogP contribution in [-0.2, 0) is 10.7 Å². The Morgan fingerprint density at radius 3 is 1.48 bits per heavy atom.